The predicted octanol–water partition coefficient (Wildman–Crippen LogP) is 2.90. The van der Waals surface area contributed by atoms with Crippen molar-refractivity contribution < 1.29 is 5.11 Å². The molecule has 0 amide bonds. The average Bonchev–Trinajstić information content (AvgIpc) is 2.50. The quantitative estimate of drug-likeness (QED) is 0.810. The fourth-order valence-electron chi connectivity index (χ4n) is 1.44. The van der Waals surface area contributed by atoms with Gasteiger partial charge in [-0.2, -0.15) is 0 Å². The van der Waals surface area contributed by atoms with E-state index in [1.54, 1.807) is 11.3 Å². The minimum atomic E-state index is -0.250. The molecule has 0 aliphatic rings. The SMILES string of the molecule is CC(C)CC(O)CNCc1cc(Cl)cs1. The van der Waals surface area contributed by atoms with E-state index in [1.165, 1.54) is 4.88 Å². The van der Waals surface area contributed by atoms with Crippen molar-refractivity contribution in [2.24, 2.45) is 5.92 Å². The molecule has 1 unspecified atom stereocenters. The Morgan fingerprint density at radius 1 is 1.53 bits per heavy atom. The van der Waals surface area contributed by atoms with Crippen LogP contribution >= 0.6 is 22.9 Å². The molecule has 86 valence electrons. The number of aliphatic hydroxyl groups excluding tert-OH is 1. The van der Waals surface area contributed by atoms with E-state index in [4.69, 9.17) is 11.6 Å². The predicted molar refractivity (Wildman–Crippen MR) is 66.5 cm³/mol. The van der Waals surface area contributed by atoms with Gasteiger partial charge in [0, 0.05) is 23.3 Å². The Balaban J connectivity index is 2.16. The molecule has 4 heteroatoms. The second-order valence-electron chi connectivity index (χ2n) is 4.15. The Bertz CT molecular complexity index is 288. The Hall–Kier alpha value is -0.0900. The van der Waals surface area contributed by atoms with Gasteiger partial charge >= 0.3 is 0 Å². The second kappa shape index (κ2) is 6.48. The third kappa shape index (κ3) is 5.52. The molecular weight excluding hydrogens is 230 g/mol. The Morgan fingerprint density at radius 2 is 2.27 bits per heavy atom. The van der Waals surface area contributed by atoms with Crippen LogP contribution in [0.2, 0.25) is 5.02 Å². The van der Waals surface area contributed by atoms with E-state index in [2.05, 4.69) is 19.2 Å². The maximum atomic E-state index is 9.62. The van der Waals surface area contributed by atoms with Crippen molar-refractivity contribution in [3.8, 4) is 0 Å². The van der Waals surface area contributed by atoms with Crippen molar-refractivity contribution in [1.82, 2.24) is 5.32 Å². The lowest BCUT2D eigenvalue weighted by molar-refractivity contribution is 0.146. The molecule has 0 aliphatic heterocycles. The minimum Gasteiger partial charge on any atom is -0.392 e. The van der Waals surface area contributed by atoms with E-state index in [1.807, 2.05) is 11.4 Å². The standard InChI is InChI=1S/C11H18ClNOS/c1-8(2)3-10(14)5-13-6-11-4-9(12)7-15-11/h4,7-8,10,13-14H,3,5-6H2,1-2H3. The zero-order valence-corrected chi connectivity index (χ0v) is 10.7. The van der Waals surface area contributed by atoms with E-state index in [0.29, 0.717) is 12.5 Å². The molecule has 1 rings (SSSR count). The van der Waals surface area contributed by atoms with Crippen LogP contribution in [0.3, 0.4) is 0 Å². The number of aliphatic hydroxyl groups is 1. The number of thiophene rings is 1. The van der Waals surface area contributed by atoms with Crippen LogP contribution in [0.1, 0.15) is 25.1 Å². The molecule has 0 fully saturated rings. The summed E-state index contributed by atoms with van der Waals surface area (Å²) >= 11 is 7.44. The lowest BCUT2D eigenvalue weighted by Gasteiger charge is -2.13. The summed E-state index contributed by atoms with van der Waals surface area (Å²) in [7, 11) is 0. The monoisotopic (exact) mass is 247 g/mol. The highest BCUT2D eigenvalue weighted by atomic mass is 35.5. The molecular formula is C11H18ClNOS. The topological polar surface area (TPSA) is 32.3 Å². The highest BCUT2D eigenvalue weighted by molar-refractivity contribution is 7.10. The average molecular weight is 248 g/mol. The third-order valence-electron chi connectivity index (χ3n) is 2.04. The van der Waals surface area contributed by atoms with Gasteiger partial charge in [-0.3, -0.25) is 0 Å². The molecule has 1 heterocycles. The Kier molecular flexibility index (Phi) is 5.61. The summed E-state index contributed by atoms with van der Waals surface area (Å²) < 4.78 is 0. The van der Waals surface area contributed by atoms with Gasteiger partial charge in [-0.15, -0.1) is 11.3 Å². The van der Waals surface area contributed by atoms with Crippen LogP contribution in [0.25, 0.3) is 0 Å². The molecule has 2 nitrogen and oxygen atoms in total. The van der Waals surface area contributed by atoms with Crippen LogP contribution < -0.4 is 5.32 Å². The van der Waals surface area contributed by atoms with Gasteiger partial charge in [-0.05, 0) is 18.4 Å². The zero-order chi connectivity index (χ0) is 11.3. The highest BCUT2D eigenvalue weighted by Crippen LogP contribution is 2.18. The second-order valence-corrected chi connectivity index (χ2v) is 5.58. The Labute approximate surface area is 100 Å². The molecule has 0 bridgehead atoms. The minimum absolute atomic E-state index is 0.250. The molecule has 15 heavy (non-hydrogen) atoms. The van der Waals surface area contributed by atoms with Crippen LogP contribution in [0.4, 0.5) is 0 Å². The largest absolute Gasteiger partial charge is 0.392 e. The van der Waals surface area contributed by atoms with E-state index < -0.39 is 0 Å². The summed E-state index contributed by atoms with van der Waals surface area (Å²) in [6.07, 6.45) is 0.596. The van der Waals surface area contributed by atoms with Crippen molar-refractivity contribution in [3.63, 3.8) is 0 Å². The fraction of sp³-hybridized carbons (Fsp3) is 0.636. The van der Waals surface area contributed by atoms with Crippen LogP contribution in [0, 0.1) is 5.92 Å². The van der Waals surface area contributed by atoms with E-state index in [0.717, 1.165) is 18.0 Å². The number of rotatable bonds is 6. The summed E-state index contributed by atoms with van der Waals surface area (Å²) in [5.74, 6) is 0.540. The molecule has 0 saturated carbocycles. The molecule has 0 saturated heterocycles. The molecule has 0 radical (unpaired) electrons. The first kappa shape index (κ1) is 13.0. The Morgan fingerprint density at radius 3 is 2.80 bits per heavy atom. The van der Waals surface area contributed by atoms with Crippen LogP contribution in [0.15, 0.2) is 11.4 Å². The van der Waals surface area contributed by atoms with E-state index >= 15 is 0 Å². The molecule has 0 aromatic carbocycles. The maximum Gasteiger partial charge on any atom is 0.0667 e. The van der Waals surface area contributed by atoms with Crippen molar-refractivity contribution in [3.05, 3.63) is 21.3 Å². The van der Waals surface area contributed by atoms with E-state index in [-0.39, 0.29) is 6.10 Å². The van der Waals surface area contributed by atoms with Gasteiger partial charge in [0.1, 0.15) is 0 Å². The highest BCUT2D eigenvalue weighted by Gasteiger charge is 2.06. The van der Waals surface area contributed by atoms with Crippen molar-refractivity contribution in [1.29, 1.82) is 0 Å². The van der Waals surface area contributed by atoms with Gasteiger partial charge in [-0.1, -0.05) is 25.4 Å². The van der Waals surface area contributed by atoms with Gasteiger partial charge in [0.25, 0.3) is 0 Å². The maximum absolute atomic E-state index is 9.62. The van der Waals surface area contributed by atoms with Gasteiger partial charge in [-0.25, -0.2) is 0 Å². The smallest absolute Gasteiger partial charge is 0.0667 e. The van der Waals surface area contributed by atoms with Crippen LogP contribution in [-0.2, 0) is 6.54 Å². The van der Waals surface area contributed by atoms with Crippen molar-refractivity contribution >= 4 is 22.9 Å². The fourth-order valence-corrected chi connectivity index (χ4v) is 2.48. The zero-order valence-electron chi connectivity index (χ0n) is 9.16. The number of hydrogen-bond donors (Lipinski definition) is 2. The van der Waals surface area contributed by atoms with Gasteiger partial charge in [0.2, 0.25) is 0 Å². The van der Waals surface area contributed by atoms with Gasteiger partial charge in [0.05, 0.1) is 11.1 Å². The number of nitrogens with one attached hydrogen (secondary N) is 1. The first-order chi connectivity index (χ1) is 7.08. The summed E-state index contributed by atoms with van der Waals surface area (Å²) in [6, 6.07) is 1.95. The summed E-state index contributed by atoms with van der Waals surface area (Å²) in [5.41, 5.74) is 0. The van der Waals surface area contributed by atoms with E-state index in [9.17, 15) is 5.11 Å². The van der Waals surface area contributed by atoms with Crippen LogP contribution in [-0.4, -0.2) is 17.8 Å². The van der Waals surface area contributed by atoms with Crippen LogP contribution in [0.5, 0.6) is 0 Å². The molecule has 2 N–H and O–H groups in total. The molecule has 1 atom stereocenters. The number of halogens is 1. The molecule has 1 aromatic rings. The van der Waals surface area contributed by atoms with Gasteiger partial charge in [0.15, 0.2) is 0 Å². The molecule has 1 aromatic heterocycles. The summed E-state index contributed by atoms with van der Waals surface area (Å²) in [4.78, 5) is 1.21. The normalized spacial score (nSPS) is 13.4. The van der Waals surface area contributed by atoms with Crippen molar-refractivity contribution in [2.45, 2.75) is 32.9 Å². The van der Waals surface area contributed by atoms with Crippen molar-refractivity contribution in [2.75, 3.05) is 6.54 Å². The number of hydrogen-bond acceptors (Lipinski definition) is 3. The summed E-state index contributed by atoms with van der Waals surface area (Å²) in [6.45, 7) is 5.66. The lowest BCUT2D eigenvalue weighted by Crippen LogP contribution is -2.27. The molecule has 0 aliphatic carbocycles. The first-order valence-corrected chi connectivity index (χ1v) is 6.45. The third-order valence-corrected chi connectivity index (χ3v) is 3.33. The first-order valence-electron chi connectivity index (χ1n) is 5.19. The lowest BCUT2D eigenvalue weighted by atomic mass is 10.1. The summed E-state index contributed by atoms with van der Waals surface area (Å²) in [5, 5.41) is 15.6. The molecule has 0 spiro atoms. The van der Waals surface area contributed by atoms with Gasteiger partial charge < -0.3 is 10.4 Å².